The van der Waals surface area contributed by atoms with Gasteiger partial charge in [-0.2, -0.15) is 0 Å². The van der Waals surface area contributed by atoms with Gasteiger partial charge in [-0.3, -0.25) is 4.21 Å². The van der Waals surface area contributed by atoms with Gasteiger partial charge in [0.25, 0.3) is 0 Å². The topological polar surface area (TPSA) is 29.3 Å². The number of benzene rings is 3. The Morgan fingerprint density at radius 1 is 0.926 bits per heavy atom. The summed E-state index contributed by atoms with van der Waals surface area (Å²) in [5, 5.41) is 0. The van der Waals surface area contributed by atoms with Crippen LogP contribution in [0.2, 0.25) is 0 Å². The van der Waals surface area contributed by atoms with Crippen LogP contribution < -0.4 is 9.64 Å². The third kappa shape index (κ3) is 3.04. The van der Waals surface area contributed by atoms with Gasteiger partial charge in [0, 0.05) is 10.6 Å². The summed E-state index contributed by atoms with van der Waals surface area (Å²) in [5.74, 6) is 0.818. The fourth-order valence-electron chi connectivity index (χ4n) is 3.70. The van der Waals surface area contributed by atoms with Crippen molar-refractivity contribution in [3.63, 3.8) is 0 Å². The molecule has 0 spiro atoms. The highest BCUT2D eigenvalue weighted by Crippen LogP contribution is 2.58. The lowest BCUT2D eigenvalue weighted by molar-refractivity contribution is 0.415. The SMILES string of the molecule is COc1ccc(N2[C@H](c3ccccc3)[C@@]2(C)[S@](=O)c2ccc(C)cc2)cc1. The van der Waals surface area contributed by atoms with Crippen molar-refractivity contribution in [1.29, 1.82) is 0 Å². The highest BCUT2D eigenvalue weighted by Gasteiger charge is 2.64. The summed E-state index contributed by atoms with van der Waals surface area (Å²) in [6.07, 6.45) is 0. The van der Waals surface area contributed by atoms with E-state index in [1.807, 2.05) is 73.7 Å². The summed E-state index contributed by atoms with van der Waals surface area (Å²) in [5.41, 5.74) is 3.40. The average molecular weight is 378 g/mol. The molecule has 0 aliphatic carbocycles. The van der Waals surface area contributed by atoms with Crippen LogP contribution in [0.4, 0.5) is 5.69 Å². The first-order valence-corrected chi connectivity index (χ1v) is 10.2. The molecule has 3 aromatic rings. The molecule has 1 saturated heterocycles. The van der Waals surface area contributed by atoms with Crippen LogP contribution in [-0.4, -0.2) is 16.2 Å². The van der Waals surface area contributed by atoms with E-state index >= 15 is 0 Å². The second-order valence-corrected chi connectivity index (χ2v) is 8.85. The van der Waals surface area contributed by atoms with Crippen LogP contribution in [-0.2, 0) is 10.8 Å². The van der Waals surface area contributed by atoms with E-state index in [2.05, 4.69) is 24.0 Å². The molecular formula is C23H23NO2S. The van der Waals surface area contributed by atoms with Crippen molar-refractivity contribution in [2.45, 2.75) is 29.7 Å². The molecule has 0 radical (unpaired) electrons. The monoisotopic (exact) mass is 377 g/mol. The molecule has 0 saturated carbocycles. The summed E-state index contributed by atoms with van der Waals surface area (Å²) in [4.78, 5) is 2.61. The summed E-state index contributed by atoms with van der Waals surface area (Å²) in [6.45, 7) is 4.13. The average Bonchev–Trinajstić information content (AvgIpc) is 3.35. The first-order valence-electron chi connectivity index (χ1n) is 9.02. The number of hydrogen-bond donors (Lipinski definition) is 0. The van der Waals surface area contributed by atoms with E-state index in [0.717, 1.165) is 16.3 Å². The molecule has 4 rings (SSSR count). The Hall–Kier alpha value is -2.59. The maximum atomic E-state index is 13.6. The molecule has 3 nitrogen and oxygen atoms in total. The molecule has 1 aliphatic rings. The van der Waals surface area contributed by atoms with Crippen molar-refractivity contribution < 1.29 is 8.95 Å². The van der Waals surface area contributed by atoms with Crippen molar-refractivity contribution in [2.75, 3.05) is 12.0 Å². The third-order valence-electron chi connectivity index (χ3n) is 5.25. The van der Waals surface area contributed by atoms with Gasteiger partial charge in [-0.05, 0) is 55.8 Å². The third-order valence-corrected chi connectivity index (χ3v) is 7.12. The molecule has 1 fully saturated rings. The molecule has 0 amide bonds. The lowest BCUT2D eigenvalue weighted by Gasteiger charge is -2.14. The number of ether oxygens (including phenoxy) is 1. The minimum Gasteiger partial charge on any atom is -0.497 e. The van der Waals surface area contributed by atoms with Gasteiger partial charge < -0.3 is 9.64 Å². The van der Waals surface area contributed by atoms with E-state index in [1.54, 1.807) is 7.11 Å². The van der Waals surface area contributed by atoms with E-state index in [1.165, 1.54) is 11.1 Å². The van der Waals surface area contributed by atoms with E-state index < -0.39 is 15.7 Å². The van der Waals surface area contributed by atoms with Crippen LogP contribution in [0.5, 0.6) is 5.75 Å². The van der Waals surface area contributed by atoms with Gasteiger partial charge in [0.2, 0.25) is 0 Å². The second kappa shape index (κ2) is 6.86. The lowest BCUT2D eigenvalue weighted by Crippen LogP contribution is -2.21. The van der Waals surface area contributed by atoms with Crippen molar-refractivity contribution in [1.82, 2.24) is 0 Å². The first-order chi connectivity index (χ1) is 13.1. The molecule has 3 atom stereocenters. The maximum Gasteiger partial charge on any atom is 0.143 e. The normalized spacial score (nSPS) is 22.3. The van der Waals surface area contributed by atoms with Crippen LogP contribution in [0.3, 0.4) is 0 Å². The number of aryl methyl sites for hydroxylation is 1. The van der Waals surface area contributed by atoms with Gasteiger partial charge in [-0.15, -0.1) is 0 Å². The largest absolute Gasteiger partial charge is 0.497 e. The Bertz CT molecular complexity index is 954. The number of methoxy groups -OCH3 is 1. The molecule has 3 aromatic carbocycles. The van der Waals surface area contributed by atoms with Crippen molar-refractivity contribution in [2.24, 2.45) is 0 Å². The molecule has 1 heterocycles. The molecule has 0 bridgehead atoms. The van der Waals surface area contributed by atoms with Gasteiger partial charge in [0.05, 0.1) is 24.0 Å². The van der Waals surface area contributed by atoms with Gasteiger partial charge in [0.15, 0.2) is 0 Å². The standard InChI is InChI=1S/C23H23NO2S/c1-17-9-15-21(16-10-17)27(25)23(2)22(18-7-5-4-6-8-18)24(23)19-11-13-20(26-3)14-12-19/h4-16,22H,1-3H3/t22-,23-,24?,27-/m1/s1. The predicted octanol–water partition coefficient (Wildman–Crippen LogP) is 5.09. The van der Waals surface area contributed by atoms with E-state index in [-0.39, 0.29) is 6.04 Å². The second-order valence-electron chi connectivity index (χ2n) is 7.02. The van der Waals surface area contributed by atoms with E-state index in [9.17, 15) is 4.21 Å². The number of hydrogen-bond acceptors (Lipinski definition) is 3. The Balaban J connectivity index is 1.75. The van der Waals surface area contributed by atoms with Gasteiger partial charge in [-0.1, -0.05) is 48.0 Å². The molecule has 138 valence electrons. The zero-order chi connectivity index (χ0) is 19.0. The zero-order valence-electron chi connectivity index (χ0n) is 15.8. The molecular weight excluding hydrogens is 354 g/mol. The minimum absolute atomic E-state index is 0.0641. The zero-order valence-corrected chi connectivity index (χ0v) is 16.6. The van der Waals surface area contributed by atoms with E-state index in [4.69, 9.17) is 4.74 Å². The fourth-order valence-corrected chi connectivity index (χ4v) is 5.35. The Morgan fingerprint density at radius 3 is 2.15 bits per heavy atom. The van der Waals surface area contributed by atoms with Crippen LogP contribution in [0.15, 0.2) is 83.8 Å². The van der Waals surface area contributed by atoms with Gasteiger partial charge >= 0.3 is 0 Å². The number of rotatable bonds is 5. The quantitative estimate of drug-likeness (QED) is 0.580. The van der Waals surface area contributed by atoms with Gasteiger partial charge in [-0.25, -0.2) is 0 Å². The van der Waals surface area contributed by atoms with Crippen LogP contribution in [0, 0.1) is 6.92 Å². The minimum atomic E-state index is -1.17. The van der Waals surface area contributed by atoms with E-state index in [0.29, 0.717) is 0 Å². The van der Waals surface area contributed by atoms with Crippen molar-refractivity contribution in [3.8, 4) is 5.75 Å². The first kappa shape index (κ1) is 17.8. The summed E-state index contributed by atoms with van der Waals surface area (Å²) < 4.78 is 18.9. The highest BCUT2D eigenvalue weighted by molar-refractivity contribution is 7.87. The number of anilines is 1. The molecule has 0 unspecified atom stereocenters. The molecule has 0 aromatic heterocycles. The predicted molar refractivity (Wildman–Crippen MR) is 111 cm³/mol. The Labute approximate surface area is 163 Å². The Morgan fingerprint density at radius 2 is 1.56 bits per heavy atom. The van der Waals surface area contributed by atoms with Gasteiger partial charge in [0.1, 0.15) is 10.6 Å². The van der Waals surface area contributed by atoms with Crippen molar-refractivity contribution in [3.05, 3.63) is 90.0 Å². The van der Waals surface area contributed by atoms with Crippen LogP contribution in [0.1, 0.15) is 24.1 Å². The Kier molecular flexibility index (Phi) is 4.52. The fraction of sp³-hybridized carbons (Fsp3) is 0.217. The molecule has 4 heteroatoms. The lowest BCUT2D eigenvalue weighted by atomic mass is 10.1. The maximum absolute atomic E-state index is 13.6. The smallest absolute Gasteiger partial charge is 0.143 e. The highest BCUT2D eigenvalue weighted by atomic mass is 32.2. The van der Waals surface area contributed by atoms with Crippen LogP contribution in [0.25, 0.3) is 0 Å². The van der Waals surface area contributed by atoms with Crippen LogP contribution >= 0.6 is 0 Å². The number of nitrogens with zero attached hydrogens (tertiary/aromatic N) is 1. The molecule has 1 aliphatic heterocycles. The summed E-state index contributed by atoms with van der Waals surface area (Å²) >= 11 is 0. The summed E-state index contributed by atoms with van der Waals surface area (Å²) in [7, 11) is 0.491. The summed E-state index contributed by atoms with van der Waals surface area (Å²) in [6, 6.07) is 26.3. The molecule has 0 N–H and O–H groups in total. The molecule has 27 heavy (non-hydrogen) atoms. The van der Waals surface area contributed by atoms with Crippen molar-refractivity contribution >= 4 is 16.5 Å².